The van der Waals surface area contributed by atoms with Crippen LogP contribution in [-0.4, -0.2) is 5.92 Å². The summed E-state index contributed by atoms with van der Waals surface area (Å²) >= 11 is -0.620. The van der Waals surface area contributed by atoms with Gasteiger partial charge in [-0.1, -0.05) is 0 Å². The van der Waals surface area contributed by atoms with E-state index in [2.05, 4.69) is 135 Å². The van der Waals surface area contributed by atoms with Gasteiger partial charge in [0.1, 0.15) is 0 Å². The molecule has 0 nitrogen and oxygen atoms in total. The Bertz CT molecular complexity index is 2020. The van der Waals surface area contributed by atoms with Crippen molar-refractivity contribution < 1.29 is 47.2 Å². The Balaban J connectivity index is 0.00000171. The molecule has 0 fully saturated rings. The summed E-state index contributed by atoms with van der Waals surface area (Å²) in [5.41, 5.74) is 15.0. The Morgan fingerprint density at radius 3 is 2.07 bits per heavy atom. The van der Waals surface area contributed by atoms with E-state index in [4.69, 9.17) is 0 Å². The molecular weight excluding hydrogens is 671 g/mol. The van der Waals surface area contributed by atoms with Crippen molar-refractivity contribution in [2.45, 2.75) is 38.8 Å². The molecule has 0 aromatic heterocycles. The first-order chi connectivity index (χ1) is 20.6. The number of hydrogen-bond donors (Lipinski definition) is 0. The molecule has 0 radical (unpaired) electrons. The van der Waals surface area contributed by atoms with Gasteiger partial charge in [-0.3, -0.25) is 0 Å². The zero-order chi connectivity index (χ0) is 28.4. The Kier molecular flexibility index (Phi) is 8.93. The van der Waals surface area contributed by atoms with Crippen LogP contribution in [-0.2, 0) is 28.8 Å². The number of rotatable bonds is 5. The maximum atomic E-state index is 2.58. The number of allylic oxidation sites excluding steroid dienone is 1. The van der Waals surface area contributed by atoms with Gasteiger partial charge in [0.15, 0.2) is 0 Å². The monoisotopic (exact) mass is 702 g/mol. The first-order valence-electron chi connectivity index (χ1n) is 15.4. The summed E-state index contributed by atoms with van der Waals surface area (Å²) in [6, 6.07) is 41.5. The van der Waals surface area contributed by atoms with Crippen LogP contribution in [0.3, 0.4) is 0 Å². The van der Waals surface area contributed by atoms with Crippen molar-refractivity contribution in [3.05, 3.63) is 143 Å². The number of halogens is 2. The van der Waals surface area contributed by atoms with E-state index >= 15 is 0 Å². The van der Waals surface area contributed by atoms with Crippen LogP contribution in [0.2, 0.25) is 13.1 Å². The van der Waals surface area contributed by atoms with Crippen LogP contribution in [0.15, 0.2) is 115 Å². The average Bonchev–Trinajstić information content (AvgIpc) is 3.58. The molecule has 0 heterocycles. The van der Waals surface area contributed by atoms with Gasteiger partial charge >= 0.3 is 263 Å². The maximum Gasteiger partial charge on any atom is -1.00 e. The van der Waals surface area contributed by atoms with E-state index < -0.39 is 28.3 Å². The van der Waals surface area contributed by atoms with Crippen LogP contribution in [0.25, 0.3) is 49.9 Å². The second kappa shape index (κ2) is 12.6. The summed E-state index contributed by atoms with van der Waals surface area (Å²) in [6.45, 7) is 7.51. The van der Waals surface area contributed by atoms with Crippen LogP contribution >= 0.6 is 0 Å². The molecule has 0 saturated carbocycles. The second-order valence-corrected chi connectivity index (χ2v) is 26.8. The third-order valence-corrected chi connectivity index (χ3v) is 17.9. The molecule has 8 rings (SSSR count). The van der Waals surface area contributed by atoms with E-state index in [1.165, 1.54) is 60.5 Å². The molecule has 0 saturated heterocycles. The maximum absolute atomic E-state index is 2.58. The van der Waals surface area contributed by atoms with Crippen molar-refractivity contribution in [3.8, 4) is 22.3 Å². The first kappa shape index (κ1) is 31.3. The summed E-state index contributed by atoms with van der Waals surface area (Å²) in [5.74, 6) is -0.290. The predicted octanol–water partition coefficient (Wildman–Crippen LogP) is 3.87. The quantitative estimate of drug-likeness (QED) is 0.189. The Morgan fingerprint density at radius 2 is 1.36 bits per heavy atom. The van der Waals surface area contributed by atoms with Crippen molar-refractivity contribution in [2.24, 2.45) is 0 Å². The summed E-state index contributed by atoms with van der Waals surface area (Å²) in [4.78, 5) is 0. The Labute approximate surface area is 285 Å². The third kappa shape index (κ3) is 5.00. The van der Waals surface area contributed by atoms with Gasteiger partial charge in [0.2, 0.25) is 0 Å². The van der Waals surface area contributed by atoms with Crippen LogP contribution < -0.4 is 28.1 Å². The van der Waals surface area contributed by atoms with E-state index in [1.54, 1.807) is 20.0 Å². The molecule has 0 bridgehead atoms. The number of hydrogen-bond acceptors (Lipinski definition) is 0. The predicted molar refractivity (Wildman–Crippen MR) is 180 cm³/mol. The fourth-order valence-corrected chi connectivity index (χ4v) is 15.9. The summed E-state index contributed by atoms with van der Waals surface area (Å²) in [7, 11) is 0. The van der Waals surface area contributed by atoms with Gasteiger partial charge in [-0.25, -0.2) is 0 Å². The zero-order valence-electron chi connectivity index (χ0n) is 25.3. The first-order valence-corrected chi connectivity index (χ1v) is 23.7. The van der Waals surface area contributed by atoms with Crippen LogP contribution in [0.5, 0.6) is 0 Å². The largest absolute Gasteiger partial charge is 1.00 e. The van der Waals surface area contributed by atoms with E-state index in [0.717, 1.165) is 12.8 Å². The molecule has 1 unspecified atom stereocenters. The summed E-state index contributed by atoms with van der Waals surface area (Å²) < 4.78 is 1.75. The Hall–Kier alpha value is -2.74. The van der Waals surface area contributed by atoms with Crippen LogP contribution in [0.4, 0.5) is 0 Å². The van der Waals surface area contributed by atoms with E-state index in [1.807, 2.05) is 0 Å². The molecule has 1 atom stereocenters. The van der Waals surface area contributed by atoms with Crippen molar-refractivity contribution in [2.75, 3.05) is 0 Å². The standard InChI is InChI=1S/C38H27.C2H7Si.2ClH.Zr/c1-2-24-22-36-33(37(24)32-18-9-17-31-28-14-6-3-13-27(28)23-35(31)32)19-10-20-34(36)38-29-15-7-4-11-25(29)21-26-12-5-8-16-30(26)38;1-3-2;;;/h3-17,19-22,37H,2,23H2,1H3;3H,1-2H3;2*1H;/q;;;;+2/p-2. The molecule has 216 valence electrons. The van der Waals surface area contributed by atoms with Gasteiger partial charge < -0.3 is 24.8 Å². The second-order valence-electron chi connectivity index (χ2n) is 12.2. The topological polar surface area (TPSA) is 0 Å². The van der Waals surface area contributed by atoms with Gasteiger partial charge in [-0.2, -0.15) is 0 Å². The van der Waals surface area contributed by atoms with E-state index in [0.29, 0.717) is 5.92 Å². The van der Waals surface area contributed by atoms with Crippen molar-refractivity contribution in [1.82, 2.24) is 0 Å². The number of fused-ring (bicyclic) bond motifs is 6. The van der Waals surface area contributed by atoms with Crippen molar-refractivity contribution in [3.63, 3.8) is 0 Å². The van der Waals surface area contributed by atoms with Gasteiger partial charge in [0, 0.05) is 0 Å². The minimum Gasteiger partial charge on any atom is -1.00 e. The third-order valence-electron chi connectivity index (χ3n) is 9.36. The average molecular weight is 705 g/mol. The van der Waals surface area contributed by atoms with E-state index in [9.17, 15) is 0 Å². The molecule has 0 spiro atoms. The minimum absolute atomic E-state index is 0. The molecule has 0 aliphatic heterocycles. The van der Waals surface area contributed by atoms with E-state index in [-0.39, 0.29) is 24.8 Å². The molecule has 2 aliphatic carbocycles. The minimum atomic E-state index is -0.651. The van der Waals surface area contributed by atoms with Crippen molar-refractivity contribution >= 4 is 36.8 Å². The zero-order valence-corrected chi connectivity index (χ0v) is 30.4. The fourth-order valence-electron chi connectivity index (χ4n) is 7.64. The number of benzene rings is 6. The Morgan fingerprint density at radius 1 is 0.705 bits per heavy atom. The van der Waals surface area contributed by atoms with Crippen LogP contribution in [0.1, 0.15) is 47.1 Å². The van der Waals surface area contributed by atoms with Gasteiger partial charge in [0.05, 0.1) is 0 Å². The van der Waals surface area contributed by atoms with Gasteiger partial charge in [-0.05, 0) is 0 Å². The normalized spacial score (nSPS) is 14.4. The molecular formula is C40H34Cl2SiZr. The molecule has 0 amide bonds. The van der Waals surface area contributed by atoms with Gasteiger partial charge in [0.25, 0.3) is 0 Å². The van der Waals surface area contributed by atoms with Gasteiger partial charge in [-0.15, -0.1) is 0 Å². The van der Waals surface area contributed by atoms with Crippen molar-refractivity contribution in [1.29, 1.82) is 0 Å². The fraction of sp³-hybridized carbons (Fsp3) is 0.150. The molecule has 2 aliphatic rings. The summed E-state index contributed by atoms with van der Waals surface area (Å²) in [6.07, 6.45) is 4.73. The molecule has 6 aromatic carbocycles. The molecule has 0 N–H and O–H groups in total. The SMILES string of the molecule is CCC1=Cc2c(-c3c4ccccc4cc4ccccc34)cccc2C1c1[c]([Zr+2][SiH](C)C)ccc2c1Cc1ccccc1-2.[Cl-].[Cl-]. The van der Waals surface area contributed by atoms with Crippen LogP contribution in [0, 0.1) is 0 Å². The smallest absolute Gasteiger partial charge is 1.00 e. The molecule has 44 heavy (non-hydrogen) atoms. The molecule has 6 aromatic rings. The summed E-state index contributed by atoms with van der Waals surface area (Å²) in [5, 5.41) is 5.31. The molecule has 4 heteroatoms.